The summed E-state index contributed by atoms with van der Waals surface area (Å²) in [6, 6.07) is 2.20. The first-order chi connectivity index (χ1) is 18.6. The fourth-order valence-corrected chi connectivity index (χ4v) is 8.59. The lowest BCUT2D eigenvalue weighted by Crippen LogP contribution is -2.60. The Morgan fingerprint density at radius 3 is 2.10 bits per heavy atom. The molecule has 1 fully saturated rings. The normalized spacial score (nSPS) is 29.5. The van der Waals surface area contributed by atoms with Crippen LogP contribution in [0, 0.1) is 55.7 Å². The summed E-state index contributed by atoms with van der Waals surface area (Å²) in [5.74, 6) is -0.0851. The Bertz CT molecular complexity index is 1080. The first-order valence-corrected chi connectivity index (χ1v) is 15.9. The van der Waals surface area contributed by atoms with Crippen molar-refractivity contribution in [3.63, 3.8) is 0 Å². The standard InChI is InChI=1S/C36H59NO4/c1-13-15-31(4,5)17-19-34(10,24-41-26(3)39)20-18-32(6,7)36(12)16-14-28-33(8,9)30(40)27(23-37)22-35(28,11)29(36)21-25(2)38/h22,28-29H,13-21,24H2,1-12H3/t28?,29?,34-,35-,36+/m0/s1. The van der Waals surface area contributed by atoms with Crippen molar-refractivity contribution in [1.82, 2.24) is 0 Å². The van der Waals surface area contributed by atoms with Crippen LogP contribution in [0.15, 0.2) is 11.6 Å². The molecule has 2 aliphatic carbocycles. The molecule has 0 amide bonds. The van der Waals surface area contributed by atoms with E-state index in [1.807, 2.05) is 19.9 Å². The van der Waals surface area contributed by atoms with Gasteiger partial charge in [0.15, 0.2) is 5.78 Å². The molecule has 0 radical (unpaired) electrons. The summed E-state index contributed by atoms with van der Waals surface area (Å²) >= 11 is 0. The first-order valence-electron chi connectivity index (χ1n) is 15.9. The summed E-state index contributed by atoms with van der Waals surface area (Å²) in [6.07, 6.45) is 10.4. The number of Topliss-reactive ketones (excluding diaryl/α,β-unsaturated/α-hetero) is 2. The van der Waals surface area contributed by atoms with Gasteiger partial charge in [0.1, 0.15) is 11.9 Å². The molecule has 232 valence electrons. The Kier molecular flexibility index (Phi) is 10.6. The minimum absolute atomic E-state index is 0.000174. The van der Waals surface area contributed by atoms with E-state index in [0.717, 1.165) is 44.9 Å². The molecule has 5 heteroatoms. The van der Waals surface area contributed by atoms with Crippen molar-refractivity contribution in [3.05, 3.63) is 11.6 Å². The second-order valence-electron chi connectivity index (χ2n) is 16.4. The van der Waals surface area contributed by atoms with E-state index in [1.54, 1.807) is 6.92 Å². The van der Waals surface area contributed by atoms with Gasteiger partial charge in [-0.3, -0.25) is 9.59 Å². The maximum atomic E-state index is 13.3. The average molecular weight is 570 g/mol. The quantitative estimate of drug-likeness (QED) is 0.207. The summed E-state index contributed by atoms with van der Waals surface area (Å²) in [5.41, 5.74) is -1.08. The largest absolute Gasteiger partial charge is 0.465 e. The Morgan fingerprint density at radius 1 is 1.00 bits per heavy atom. The van der Waals surface area contributed by atoms with Gasteiger partial charge < -0.3 is 9.53 Å². The van der Waals surface area contributed by atoms with Crippen LogP contribution in [-0.4, -0.2) is 24.1 Å². The molecule has 2 rings (SSSR count). The molecule has 0 spiro atoms. The number of esters is 1. The number of nitriles is 1. The fourth-order valence-electron chi connectivity index (χ4n) is 8.59. The highest BCUT2D eigenvalue weighted by molar-refractivity contribution is 6.04. The number of carbonyl (C=O) groups is 3. The van der Waals surface area contributed by atoms with Crippen LogP contribution in [0.3, 0.4) is 0 Å². The minimum atomic E-state index is -0.650. The lowest BCUT2D eigenvalue weighted by molar-refractivity contribution is -0.156. The van der Waals surface area contributed by atoms with Crippen molar-refractivity contribution in [2.24, 2.45) is 44.3 Å². The van der Waals surface area contributed by atoms with Crippen molar-refractivity contribution in [2.45, 2.75) is 141 Å². The van der Waals surface area contributed by atoms with Gasteiger partial charge in [-0.2, -0.15) is 5.26 Å². The molecule has 0 aromatic rings. The molecule has 5 nitrogen and oxygen atoms in total. The van der Waals surface area contributed by atoms with Crippen LogP contribution in [0.1, 0.15) is 141 Å². The second kappa shape index (κ2) is 12.3. The number of rotatable bonds is 13. The van der Waals surface area contributed by atoms with Gasteiger partial charge in [-0.1, -0.05) is 81.7 Å². The summed E-state index contributed by atoms with van der Waals surface area (Å²) in [4.78, 5) is 37.9. The molecule has 0 aromatic heterocycles. The van der Waals surface area contributed by atoms with E-state index in [2.05, 4.69) is 61.5 Å². The van der Waals surface area contributed by atoms with Crippen LogP contribution in [0.5, 0.6) is 0 Å². The van der Waals surface area contributed by atoms with Gasteiger partial charge in [-0.05, 0) is 85.4 Å². The molecule has 5 atom stereocenters. The maximum Gasteiger partial charge on any atom is 0.302 e. The summed E-state index contributed by atoms with van der Waals surface area (Å²) < 4.78 is 5.63. The number of ketones is 2. The van der Waals surface area contributed by atoms with Gasteiger partial charge in [-0.25, -0.2) is 0 Å². The molecule has 0 N–H and O–H groups in total. The molecule has 2 unspecified atom stereocenters. The van der Waals surface area contributed by atoms with E-state index in [9.17, 15) is 19.6 Å². The van der Waals surface area contributed by atoms with Crippen molar-refractivity contribution in [3.8, 4) is 6.07 Å². The van der Waals surface area contributed by atoms with Crippen LogP contribution in [0.4, 0.5) is 0 Å². The molecule has 1 saturated carbocycles. The third-order valence-corrected chi connectivity index (χ3v) is 11.8. The summed E-state index contributed by atoms with van der Waals surface area (Å²) in [7, 11) is 0. The number of carbonyl (C=O) groups excluding carboxylic acids is 3. The molecular formula is C36H59NO4. The molecule has 0 aromatic carbocycles. The Balaban J connectivity index is 2.48. The van der Waals surface area contributed by atoms with Gasteiger partial charge in [0.25, 0.3) is 0 Å². The number of ether oxygens (including phenoxy) is 1. The topological polar surface area (TPSA) is 84.2 Å². The number of nitrogens with zero attached hydrogens (tertiary/aromatic N) is 1. The van der Waals surface area contributed by atoms with E-state index < -0.39 is 10.8 Å². The van der Waals surface area contributed by atoms with Gasteiger partial charge in [-0.15, -0.1) is 0 Å². The van der Waals surface area contributed by atoms with Crippen molar-refractivity contribution >= 4 is 17.5 Å². The zero-order chi connectivity index (χ0) is 31.7. The molecule has 0 bridgehead atoms. The highest BCUT2D eigenvalue weighted by Gasteiger charge is 2.63. The Hall–Kier alpha value is -1.96. The minimum Gasteiger partial charge on any atom is -0.465 e. The second-order valence-corrected chi connectivity index (χ2v) is 16.4. The van der Waals surface area contributed by atoms with Gasteiger partial charge in [0.2, 0.25) is 0 Å². The van der Waals surface area contributed by atoms with E-state index in [4.69, 9.17) is 4.74 Å². The van der Waals surface area contributed by atoms with E-state index >= 15 is 0 Å². The molecule has 41 heavy (non-hydrogen) atoms. The van der Waals surface area contributed by atoms with Crippen LogP contribution < -0.4 is 0 Å². The predicted molar refractivity (Wildman–Crippen MR) is 166 cm³/mol. The third-order valence-electron chi connectivity index (χ3n) is 11.8. The van der Waals surface area contributed by atoms with Crippen LogP contribution in [0.25, 0.3) is 0 Å². The number of allylic oxidation sites excluding steroid dienone is 2. The van der Waals surface area contributed by atoms with Crippen molar-refractivity contribution in [2.75, 3.05) is 6.61 Å². The highest BCUT2D eigenvalue weighted by Crippen LogP contribution is 2.68. The van der Waals surface area contributed by atoms with Crippen LogP contribution >= 0.6 is 0 Å². The number of hydrogen-bond acceptors (Lipinski definition) is 5. The summed E-state index contributed by atoms with van der Waals surface area (Å²) in [5, 5.41) is 9.92. The molecule has 2 aliphatic rings. The Morgan fingerprint density at radius 2 is 1.59 bits per heavy atom. The number of hydrogen-bond donors (Lipinski definition) is 0. The molecular weight excluding hydrogens is 510 g/mol. The smallest absolute Gasteiger partial charge is 0.302 e. The van der Waals surface area contributed by atoms with E-state index in [0.29, 0.717) is 13.0 Å². The van der Waals surface area contributed by atoms with E-state index in [-0.39, 0.29) is 56.6 Å². The predicted octanol–water partition coefficient (Wildman–Crippen LogP) is 9.05. The molecule has 0 aliphatic heterocycles. The lowest BCUT2D eigenvalue weighted by Gasteiger charge is -2.64. The zero-order valence-corrected chi connectivity index (χ0v) is 28.4. The van der Waals surface area contributed by atoms with E-state index in [1.165, 1.54) is 13.3 Å². The van der Waals surface area contributed by atoms with Crippen molar-refractivity contribution < 1.29 is 19.1 Å². The van der Waals surface area contributed by atoms with Crippen molar-refractivity contribution in [1.29, 1.82) is 5.26 Å². The molecule has 0 heterocycles. The monoisotopic (exact) mass is 569 g/mol. The van der Waals surface area contributed by atoms with Gasteiger partial charge in [0.05, 0.1) is 12.2 Å². The number of fused-ring (bicyclic) bond motifs is 1. The van der Waals surface area contributed by atoms with Crippen LogP contribution in [-0.2, 0) is 19.1 Å². The average Bonchev–Trinajstić information content (AvgIpc) is 2.85. The highest BCUT2D eigenvalue weighted by atomic mass is 16.5. The SMILES string of the molecule is CCCC(C)(C)CC[C@@](C)(CCC(C)(C)[C@]1(C)CCC2C(C)(C)C(=O)C(C#N)=C[C@]2(C)C1CC(C)=O)COC(C)=O. The Labute approximate surface area is 251 Å². The molecule has 0 saturated heterocycles. The van der Waals surface area contributed by atoms with Gasteiger partial charge >= 0.3 is 5.97 Å². The first kappa shape index (κ1) is 35.2. The maximum absolute atomic E-state index is 13.3. The fraction of sp³-hybridized carbons (Fsp3) is 0.833. The zero-order valence-electron chi connectivity index (χ0n) is 28.4. The third kappa shape index (κ3) is 7.34. The lowest BCUT2D eigenvalue weighted by atomic mass is 9.39. The summed E-state index contributed by atoms with van der Waals surface area (Å²) in [6.45, 7) is 25.9. The van der Waals surface area contributed by atoms with Gasteiger partial charge in [0, 0.05) is 24.2 Å². The van der Waals surface area contributed by atoms with Crippen LogP contribution in [0.2, 0.25) is 0 Å².